The van der Waals surface area contributed by atoms with Crippen molar-refractivity contribution in [3.63, 3.8) is 0 Å². The summed E-state index contributed by atoms with van der Waals surface area (Å²) in [5.74, 6) is -1.80. The highest BCUT2D eigenvalue weighted by molar-refractivity contribution is 7.91. The second kappa shape index (κ2) is 11.8. The topological polar surface area (TPSA) is 109 Å². The molecule has 2 atom stereocenters. The van der Waals surface area contributed by atoms with Crippen molar-refractivity contribution in [1.29, 1.82) is 0 Å². The van der Waals surface area contributed by atoms with E-state index in [1.54, 1.807) is 24.3 Å². The number of rotatable bonds is 14. The van der Waals surface area contributed by atoms with Crippen molar-refractivity contribution >= 4 is 21.8 Å². The maximum Gasteiger partial charge on any atom is 0.314 e. The Morgan fingerprint density at radius 3 is 1.20 bits per heavy atom. The summed E-state index contributed by atoms with van der Waals surface area (Å²) < 4.78 is 26.5. The molecule has 0 aliphatic rings. The quantitative estimate of drug-likeness (QED) is 0.311. The summed E-state index contributed by atoms with van der Waals surface area (Å²) in [6, 6.07) is 12.3. The first-order valence-electron chi connectivity index (χ1n) is 12.5. The van der Waals surface area contributed by atoms with Crippen LogP contribution in [-0.2, 0) is 30.3 Å². The lowest BCUT2D eigenvalue weighted by Gasteiger charge is -2.29. The number of sulfone groups is 1. The minimum Gasteiger partial charge on any atom is -0.481 e. The van der Waals surface area contributed by atoms with Crippen LogP contribution in [0.5, 0.6) is 0 Å². The average molecular weight is 503 g/mol. The third-order valence-electron chi connectivity index (χ3n) is 7.37. The van der Waals surface area contributed by atoms with E-state index in [0.29, 0.717) is 36.8 Å². The van der Waals surface area contributed by atoms with Gasteiger partial charge < -0.3 is 10.2 Å². The van der Waals surface area contributed by atoms with Gasteiger partial charge in [-0.15, -0.1) is 0 Å². The van der Waals surface area contributed by atoms with E-state index in [-0.39, 0.29) is 9.79 Å². The Morgan fingerprint density at radius 1 is 0.657 bits per heavy atom. The zero-order valence-corrected chi connectivity index (χ0v) is 22.0. The molecule has 0 bridgehead atoms. The van der Waals surface area contributed by atoms with E-state index >= 15 is 0 Å². The summed E-state index contributed by atoms with van der Waals surface area (Å²) in [6.07, 6.45) is 5.08. The van der Waals surface area contributed by atoms with E-state index in [0.717, 1.165) is 25.7 Å². The summed E-state index contributed by atoms with van der Waals surface area (Å²) >= 11 is 0. The van der Waals surface area contributed by atoms with Gasteiger partial charge in [0.15, 0.2) is 0 Å². The second-order valence-electron chi connectivity index (χ2n) is 9.24. The molecule has 0 fully saturated rings. The fraction of sp³-hybridized carbons (Fsp3) is 0.500. The first-order valence-corrected chi connectivity index (χ1v) is 14.0. The van der Waals surface area contributed by atoms with Crippen molar-refractivity contribution in [3.05, 3.63) is 59.7 Å². The van der Waals surface area contributed by atoms with Gasteiger partial charge in [0.25, 0.3) is 0 Å². The van der Waals surface area contributed by atoms with Crippen LogP contribution in [0.15, 0.2) is 58.3 Å². The molecule has 0 saturated heterocycles. The monoisotopic (exact) mass is 502 g/mol. The molecule has 0 aliphatic carbocycles. The summed E-state index contributed by atoms with van der Waals surface area (Å²) in [5, 5.41) is 19.9. The normalized spacial score (nSPS) is 15.2. The minimum absolute atomic E-state index is 0.0749. The van der Waals surface area contributed by atoms with Gasteiger partial charge >= 0.3 is 11.9 Å². The van der Waals surface area contributed by atoms with Crippen molar-refractivity contribution < 1.29 is 28.2 Å². The Morgan fingerprint density at radius 2 is 0.971 bits per heavy atom. The highest BCUT2D eigenvalue weighted by Gasteiger charge is 2.39. The molecule has 2 unspecified atom stereocenters. The van der Waals surface area contributed by atoms with E-state index in [1.165, 1.54) is 24.3 Å². The molecule has 192 valence electrons. The molecule has 0 saturated carbocycles. The van der Waals surface area contributed by atoms with Crippen LogP contribution in [-0.4, -0.2) is 30.6 Å². The van der Waals surface area contributed by atoms with Crippen LogP contribution in [0, 0.1) is 0 Å². The predicted octanol–water partition coefficient (Wildman–Crippen LogP) is 6.36. The molecule has 0 aliphatic heterocycles. The number of aliphatic carboxylic acids is 2. The molecule has 0 radical (unpaired) electrons. The van der Waals surface area contributed by atoms with E-state index < -0.39 is 32.6 Å². The molecule has 2 rings (SSSR count). The zero-order valence-electron chi connectivity index (χ0n) is 21.2. The minimum atomic E-state index is -3.85. The number of benzene rings is 2. The SMILES string of the molecule is CCCCC(CC)(C(=O)O)c1ccc(S(=O)(=O)c2ccc(C(CC)(CCCC)C(=O)O)cc2)cc1. The van der Waals surface area contributed by atoms with Crippen LogP contribution in [0.2, 0.25) is 0 Å². The molecule has 0 spiro atoms. The maximum atomic E-state index is 13.3. The van der Waals surface area contributed by atoms with Crippen LogP contribution in [0.4, 0.5) is 0 Å². The van der Waals surface area contributed by atoms with Gasteiger partial charge in [-0.1, -0.05) is 77.6 Å². The fourth-order valence-electron chi connectivity index (χ4n) is 4.81. The van der Waals surface area contributed by atoms with E-state index in [4.69, 9.17) is 0 Å². The van der Waals surface area contributed by atoms with Crippen molar-refractivity contribution in [2.75, 3.05) is 0 Å². The van der Waals surface area contributed by atoms with Crippen LogP contribution in [0.1, 0.15) is 90.2 Å². The smallest absolute Gasteiger partial charge is 0.314 e. The molecule has 0 amide bonds. The molecule has 2 aromatic carbocycles. The lowest BCUT2D eigenvalue weighted by molar-refractivity contribution is -0.145. The third-order valence-corrected chi connectivity index (χ3v) is 9.16. The third kappa shape index (κ3) is 5.61. The molecule has 0 heterocycles. The number of carboxylic acid groups (broad SMARTS) is 2. The molecule has 0 aromatic heterocycles. The van der Waals surface area contributed by atoms with Gasteiger partial charge in [0.05, 0.1) is 20.6 Å². The highest BCUT2D eigenvalue weighted by Crippen LogP contribution is 2.37. The van der Waals surface area contributed by atoms with Gasteiger partial charge in [0, 0.05) is 0 Å². The summed E-state index contributed by atoms with van der Waals surface area (Å²) in [6.45, 7) is 7.69. The van der Waals surface area contributed by atoms with Crippen LogP contribution >= 0.6 is 0 Å². The average Bonchev–Trinajstić information content (AvgIpc) is 2.85. The summed E-state index contributed by atoms with van der Waals surface area (Å²) in [7, 11) is -3.85. The summed E-state index contributed by atoms with van der Waals surface area (Å²) in [4.78, 5) is 24.5. The van der Waals surface area contributed by atoms with Crippen molar-refractivity contribution in [3.8, 4) is 0 Å². The van der Waals surface area contributed by atoms with Gasteiger partial charge in [-0.3, -0.25) is 9.59 Å². The highest BCUT2D eigenvalue weighted by atomic mass is 32.2. The van der Waals surface area contributed by atoms with Crippen LogP contribution in [0.3, 0.4) is 0 Å². The van der Waals surface area contributed by atoms with Gasteiger partial charge in [-0.2, -0.15) is 0 Å². The molecular formula is C28H38O6S. The van der Waals surface area contributed by atoms with Crippen molar-refractivity contribution in [1.82, 2.24) is 0 Å². The molecule has 2 N–H and O–H groups in total. The number of hydrogen-bond acceptors (Lipinski definition) is 4. The largest absolute Gasteiger partial charge is 0.481 e. The molecule has 35 heavy (non-hydrogen) atoms. The van der Waals surface area contributed by atoms with Crippen LogP contribution in [0.25, 0.3) is 0 Å². The predicted molar refractivity (Wildman–Crippen MR) is 137 cm³/mol. The second-order valence-corrected chi connectivity index (χ2v) is 11.2. The number of unbranched alkanes of at least 4 members (excludes halogenated alkanes) is 2. The Bertz CT molecular complexity index is 1020. The van der Waals surface area contributed by atoms with E-state index in [2.05, 4.69) is 0 Å². The summed E-state index contributed by atoms with van der Waals surface area (Å²) in [5.41, 5.74) is -0.891. The molecule has 2 aromatic rings. The lowest BCUT2D eigenvalue weighted by Crippen LogP contribution is -2.35. The molecule has 7 heteroatoms. The first-order chi connectivity index (χ1) is 16.6. The zero-order chi connectivity index (χ0) is 26.3. The number of carboxylic acids is 2. The standard InChI is InChI=1S/C28H38O6S/c1-5-9-19-27(7-3,25(29)30)21-11-15-23(16-12-21)35(33,34)24-17-13-22(14-18-24)28(8-4,26(31)32)20-10-6-2/h11-18H,5-10,19-20H2,1-4H3,(H,29,30)(H,31,32). The van der Waals surface area contributed by atoms with Crippen molar-refractivity contribution in [2.45, 2.75) is 99.7 Å². The van der Waals surface area contributed by atoms with E-state index in [9.17, 15) is 28.2 Å². The number of carbonyl (C=O) groups is 2. The lowest BCUT2D eigenvalue weighted by atomic mass is 9.74. The van der Waals surface area contributed by atoms with Gasteiger partial charge in [0.1, 0.15) is 0 Å². The van der Waals surface area contributed by atoms with Crippen LogP contribution < -0.4 is 0 Å². The Labute approximate surface area is 209 Å². The molecule has 6 nitrogen and oxygen atoms in total. The Kier molecular flexibility index (Phi) is 9.67. The first kappa shape index (κ1) is 28.6. The van der Waals surface area contributed by atoms with Gasteiger partial charge in [-0.05, 0) is 61.1 Å². The van der Waals surface area contributed by atoms with Crippen molar-refractivity contribution in [2.24, 2.45) is 0 Å². The van der Waals surface area contributed by atoms with E-state index in [1.807, 2.05) is 27.7 Å². The van der Waals surface area contributed by atoms with Gasteiger partial charge in [0.2, 0.25) is 9.84 Å². The number of hydrogen-bond donors (Lipinski definition) is 2. The molecular weight excluding hydrogens is 464 g/mol. The maximum absolute atomic E-state index is 13.3. The Hall–Kier alpha value is -2.67. The van der Waals surface area contributed by atoms with Gasteiger partial charge in [-0.25, -0.2) is 8.42 Å². The fourth-order valence-corrected chi connectivity index (χ4v) is 6.07. The Balaban J connectivity index is 2.42.